The molecule has 0 unspecified atom stereocenters. The Bertz CT molecular complexity index is 513. The molecule has 5 nitrogen and oxygen atoms in total. The molecule has 0 spiro atoms. The first kappa shape index (κ1) is 13.8. The van der Waals surface area contributed by atoms with E-state index in [9.17, 15) is 8.42 Å². The number of halogens is 1. The maximum atomic E-state index is 12.2. The quantitative estimate of drug-likeness (QED) is 0.914. The van der Waals surface area contributed by atoms with Crippen LogP contribution in [0, 0.1) is 0 Å². The van der Waals surface area contributed by atoms with E-state index in [-0.39, 0.29) is 5.25 Å². The summed E-state index contributed by atoms with van der Waals surface area (Å²) < 4.78 is 27.7. The Hall–Kier alpha value is -0.660. The summed E-state index contributed by atoms with van der Waals surface area (Å²) in [6, 6.07) is 3.42. The van der Waals surface area contributed by atoms with Gasteiger partial charge in [0, 0.05) is 10.7 Å². The molecule has 1 aromatic heterocycles. The maximum absolute atomic E-state index is 12.2. The first-order chi connectivity index (χ1) is 8.47. The molecule has 0 bridgehead atoms. The molecule has 1 aromatic rings. The van der Waals surface area contributed by atoms with Gasteiger partial charge in [-0.1, -0.05) is 15.9 Å². The molecular formula is C11H16BrN3O2S. The smallest absolute Gasteiger partial charge is 0.236 e. The summed E-state index contributed by atoms with van der Waals surface area (Å²) >= 11 is 3.29. The summed E-state index contributed by atoms with van der Waals surface area (Å²) in [5.74, 6) is 0.364. The standard InChI is InChI=1S/C11H16BrN3O2S/c1-15-6-3-10(4-7-15)18(16,17)14-11-8-9(12)2-5-13-11/h2,5,8,10H,3-4,6-7H2,1H3,(H,13,14). The summed E-state index contributed by atoms with van der Waals surface area (Å²) in [5, 5.41) is -0.325. The van der Waals surface area contributed by atoms with Crippen molar-refractivity contribution in [3.63, 3.8) is 0 Å². The van der Waals surface area contributed by atoms with Gasteiger partial charge in [-0.2, -0.15) is 0 Å². The first-order valence-electron chi connectivity index (χ1n) is 5.79. The predicted molar refractivity (Wildman–Crippen MR) is 75.0 cm³/mol. The van der Waals surface area contributed by atoms with E-state index in [1.807, 2.05) is 7.05 Å². The van der Waals surface area contributed by atoms with Crippen molar-refractivity contribution in [1.29, 1.82) is 0 Å². The van der Waals surface area contributed by atoms with Crippen molar-refractivity contribution in [3.8, 4) is 0 Å². The minimum atomic E-state index is -3.34. The summed E-state index contributed by atoms with van der Waals surface area (Å²) in [6.45, 7) is 1.63. The van der Waals surface area contributed by atoms with Crippen molar-refractivity contribution >= 4 is 31.8 Å². The fraction of sp³-hybridized carbons (Fsp3) is 0.545. The zero-order valence-corrected chi connectivity index (χ0v) is 12.5. The molecule has 7 heteroatoms. The van der Waals surface area contributed by atoms with Crippen LogP contribution >= 0.6 is 15.9 Å². The van der Waals surface area contributed by atoms with Crippen LogP contribution in [0.15, 0.2) is 22.8 Å². The van der Waals surface area contributed by atoms with Crippen molar-refractivity contribution in [2.75, 3.05) is 24.9 Å². The van der Waals surface area contributed by atoms with Gasteiger partial charge in [-0.25, -0.2) is 13.4 Å². The van der Waals surface area contributed by atoms with Crippen molar-refractivity contribution in [3.05, 3.63) is 22.8 Å². The number of sulfonamides is 1. The van der Waals surface area contributed by atoms with Gasteiger partial charge in [0.25, 0.3) is 0 Å². The SMILES string of the molecule is CN1CCC(S(=O)(=O)Nc2cc(Br)ccn2)CC1. The second-order valence-electron chi connectivity index (χ2n) is 4.51. The van der Waals surface area contributed by atoms with Gasteiger partial charge in [-0.05, 0) is 45.1 Å². The number of rotatable bonds is 3. The number of likely N-dealkylation sites (tertiary alicyclic amines) is 1. The lowest BCUT2D eigenvalue weighted by Crippen LogP contribution is -2.39. The molecule has 100 valence electrons. The van der Waals surface area contributed by atoms with E-state index in [1.165, 1.54) is 0 Å². The third-order valence-electron chi connectivity index (χ3n) is 3.07. The number of piperidine rings is 1. The number of anilines is 1. The van der Waals surface area contributed by atoms with Crippen molar-refractivity contribution < 1.29 is 8.42 Å². The molecule has 1 aliphatic heterocycles. The van der Waals surface area contributed by atoms with E-state index in [2.05, 4.69) is 30.5 Å². The second-order valence-corrected chi connectivity index (χ2v) is 7.39. The van der Waals surface area contributed by atoms with Gasteiger partial charge in [0.1, 0.15) is 5.82 Å². The Labute approximate surface area is 116 Å². The van der Waals surface area contributed by atoms with E-state index < -0.39 is 10.0 Å². The van der Waals surface area contributed by atoms with E-state index in [4.69, 9.17) is 0 Å². The van der Waals surface area contributed by atoms with Crippen LogP contribution in [0.5, 0.6) is 0 Å². The van der Waals surface area contributed by atoms with Crippen LogP contribution in [-0.4, -0.2) is 43.7 Å². The molecule has 2 rings (SSSR count). The molecule has 18 heavy (non-hydrogen) atoms. The average molecular weight is 334 g/mol. The van der Waals surface area contributed by atoms with Crippen LogP contribution in [0.4, 0.5) is 5.82 Å². The van der Waals surface area contributed by atoms with Gasteiger partial charge in [-0.15, -0.1) is 0 Å². The molecule has 1 N–H and O–H groups in total. The number of pyridine rings is 1. The highest BCUT2D eigenvalue weighted by atomic mass is 79.9. The van der Waals surface area contributed by atoms with Gasteiger partial charge >= 0.3 is 0 Å². The molecule has 0 amide bonds. The fourth-order valence-electron chi connectivity index (χ4n) is 1.98. The van der Waals surface area contributed by atoms with Gasteiger partial charge in [0.05, 0.1) is 5.25 Å². The van der Waals surface area contributed by atoms with Crippen LogP contribution in [-0.2, 0) is 10.0 Å². The lowest BCUT2D eigenvalue weighted by atomic mass is 10.1. The largest absolute Gasteiger partial charge is 0.306 e. The van der Waals surface area contributed by atoms with Crippen LogP contribution in [0.25, 0.3) is 0 Å². The summed E-state index contributed by atoms with van der Waals surface area (Å²) in [4.78, 5) is 6.15. The minimum absolute atomic E-state index is 0.325. The van der Waals surface area contributed by atoms with Gasteiger partial charge in [0.2, 0.25) is 10.0 Å². The lowest BCUT2D eigenvalue weighted by Gasteiger charge is -2.28. The molecule has 0 aliphatic carbocycles. The van der Waals surface area contributed by atoms with Crippen LogP contribution in [0.3, 0.4) is 0 Å². The number of hydrogen-bond donors (Lipinski definition) is 1. The molecule has 0 aromatic carbocycles. The average Bonchev–Trinajstić information content (AvgIpc) is 2.29. The molecular weight excluding hydrogens is 318 g/mol. The molecule has 0 atom stereocenters. The van der Waals surface area contributed by atoms with Crippen LogP contribution in [0.2, 0.25) is 0 Å². The Morgan fingerprint density at radius 1 is 1.44 bits per heavy atom. The zero-order valence-electron chi connectivity index (χ0n) is 10.1. The fourth-order valence-corrected chi connectivity index (χ4v) is 3.72. The molecule has 2 heterocycles. The Balaban J connectivity index is 2.08. The first-order valence-corrected chi connectivity index (χ1v) is 8.13. The number of aromatic nitrogens is 1. The highest BCUT2D eigenvalue weighted by Crippen LogP contribution is 2.20. The van der Waals surface area contributed by atoms with Gasteiger partial charge in [-0.3, -0.25) is 4.72 Å². The monoisotopic (exact) mass is 333 g/mol. The topological polar surface area (TPSA) is 62.3 Å². The van der Waals surface area contributed by atoms with Gasteiger partial charge in [0.15, 0.2) is 0 Å². The minimum Gasteiger partial charge on any atom is -0.306 e. The van der Waals surface area contributed by atoms with E-state index in [0.29, 0.717) is 18.7 Å². The third kappa shape index (κ3) is 3.43. The van der Waals surface area contributed by atoms with Crippen molar-refractivity contribution in [2.45, 2.75) is 18.1 Å². The van der Waals surface area contributed by atoms with Crippen LogP contribution in [0.1, 0.15) is 12.8 Å². The normalized spacial score (nSPS) is 18.8. The van der Waals surface area contributed by atoms with E-state index in [0.717, 1.165) is 17.6 Å². The Morgan fingerprint density at radius 3 is 2.72 bits per heavy atom. The summed E-state index contributed by atoms with van der Waals surface area (Å²) in [7, 11) is -1.33. The molecule has 1 aliphatic rings. The third-order valence-corrected chi connectivity index (χ3v) is 5.41. The predicted octanol–water partition coefficient (Wildman–Crippen LogP) is 1.68. The zero-order chi connectivity index (χ0) is 13.2. The highest BCUT2D eigenvalue weighted by Gasteiger charge is 2.29. The van der Waals surface area contributed by atoms with Crippen molar-refractivity contribution in [1.82, 2.24) is 9.88 Å². The van der Waals surface area contributed by atoms with E-state index >= 15 is 0 Å². The highest BCUT2D eigenvalue weighted by molar-refractivity contribution is 9.10. The number of nitrogens with zero attached hydrogens (tertiary/aromatic N) is 2. The molecule has 1 fully saturated rings. The van der Waals surface area contributed by atoms with Crippen LogP contribution < -0.4 is 4.72 Å². The Kier molecular flexibility index (Phi) is 4.24. The van der Waals surface area contributed by atoms with Crippen molar-refractivity contribution in [2.24, 2.45) is 0 Å². The Morgan fingerprint density at radius 2 is 2.11 bits per heavy atom. The molecule has 0 radical (unpaired) electrons. The second kappa shape index (κ2) is 5.54. The maximum Gasteiger partial charge on any atom is 0.236 e. The summed E-state index contributed by atoms with van der Waals surface area (Å²) in [6.07, 6.45) is 2.90. The number of nitrogens with one attached hydrogen (secondary N) is 1. The lowest BCUT2D eigenvalue weighted by molar-refractivity contribution is 0.278. The molecule has 1 saturated heterocycles. The van der Waals surface area contributed by atoms with E-state index in [1.54, 1.807) is 18.3 Å². The molecule has 0 saturated carbocycles. The van der Waals surface area contributed by atoms with Gasteiger partial charge < -0.3 is 4.90 Å². The number of hydrogen-bond acceptors (Lipinski definition) is 4. The summed E-state index contributed by atoms with van der Waals surface area (Å²) in [5.41, 5.74) is 0.